The van der Waals surface area contributed by atoms with Crippen molar-refractivity contribution in [2.24, 2.45) is 5.73 Å². The Morgan fingerprint density at radius 2 is 2.00 bits per heavy atom. The Kier molecular flexibility index (Phi) is 3.08. The van der Waals surface area contributed by atoms with Gasteiger partial charge in [0.1, 0.15) is 0 Å². The van der Waals surface area contributed by atoms with Gasteiger partial charge in [0.2, 0.25) is 0 Å². The molecule has 2 aromatic rings. The number of aromatic nitrogens is 3. The fourth-order valence-electron chi connectivity index (χ4n) is 1.41. The van der Waals surface area contributed by atoms with Crippen LogP contribution in [0.2, 0.25) is 0 Å². The molecule has 0 spiro atoms. The molecular weight excluding hydrogens is 245 g/mol. The molecule has 96 valence electrons. The molecule has 2 heterocycles. The average Bonchev–Trinajstić information content (AvgIpc) is 2.78. The highest BCUT2D eigenvalue weighted by atomic mass is 19.4. The van der Waals surface area contributed by atoms with Crippen molar-refractivity contribution < 1.29 is 13.2 Å². The summed E-state index contributed by atoms with van der Waals surface area (Å²) in [5.41, 5.74) is 5.52. The molecule has 1 atom stereocenters. The van der Waals surface area contributed by atoms with Crippen molar-refractivity contribution in [1.82, 2.24) is 14.8 Å². The lowest BCUT2D eigenvalue weighted by atomic mass is 10.2. The zero-order valence-corrected chi connectivity index (χ0v) is 9.52. The van der Waals surface area contributed by atoms with Gasteiger partial charge in [0, 0.05) is 18.4 Å². The van der Waals surface area contributed by atoms with Crippen LogP contribution in [-0.2, 0) is 6.18 Å². The van der Waals surface area contributed by atoms with Crippen LogP contribution in [0.25, 0.3) is 5.82 Å². The van der Waals surface area contributed by atoms with Crippen LogP contribution in [0.3, 0.4) is 0 Å². The summed E-state index contributed by atoms with van der Waals surface area (Å²) in [7, 11) is 0. The van der Waals surface area contributed by atoms with Gasteiger partial charge in [-0.15, -0.1) is 0 Å². The van der Waals surface area contributed by atoms with Gasteiger partial charge < -0.3 is 5.73 Å². The van der Waals surface area contributed by atoms with E-state index in [2.05, 4.69) is 10.1 Å². The molecule has 7 heteroatoms. The lowest BCUT2D eigenvalue weighted by molar-refractivity contribution is -0.141. The summed E-state index contributed by atoms with van der Waals surface area (Å²) in [5, 5.41) is 3.42. The smallest absolute Gasteiger partial charge is 0.324 e. The van der Waals surface area contributed by atoms with Crippen molar-refractivity contribution in [2.45, 2.75) is 19.1 Å². The molecule has 0 unspecified atom stereocenters. The Balaban J connectivity index is 2.29. The Hall–Kier alpha value is -1.89. The first-order valence-electron chi connectivity index (χ1n) is 5.22. The van der Waals surface area contributed by atoms with Gasteiger partial charge in [-0.25, -0.2) is 9.67 Å². The molecule has 0 saturated carbocycles. The van der Waals surface area contributed by atoms with Crippen LogP contribution in [0, 0.1) is 0 Å². The van der Waals surface area contributed by atoms with Crippen molar-refractivity contribution in [3.63, 3.8) is 0 Å². The molecular formula is C11H11F3N4. The fraction of sp³-hybridized carbons (Fsp3) is 0.273. The maximum atomic E-state index is 12.4. The fourth-order valence-corrected chi connectivity index (χ4v) is 1.41. The minimum Gasteiger partial charge on any atom is -0.324 e. The topological polar surface area (TPSA) is 56.7 Å². The van der Waals surface area contributed by atoms with E-state index in [0.29, 0.717) is 5.82 Å². The first kappa shape index (κ1) is 12.6. The number of pyridine rings is 1. The maximum Gasteiger partial charge on any atom is 0.435 e. The number of hydrogen-bond acceptors (Lipinski definition) is 3. The Labute approximate surface area is 101 Å². The van der Waals surface area contributed by atoms with Crippen LogP contribution in [0.5, 0.6) is 0 Å². The summed E-state index contributed by atoms with van der Waals surface area (Å²) in [5.74, 6) is 0.315. The van der Waals surface area contributed by atoms with Gasteiger partial charge in [-0.3, -0.25) is 0 Å². The van der Waals surface area contributed by atoms with E-state index in [9.17, 15) is 13.2 Å². The van der Waals surface area contributed by atoms with E-state index in [1.54, 1.807) is 19.1 Å². The molecule has 0 aliphatic rings. The molecule has 0 bridgehead atoms. The molecule has 0 amide bonds. The van der Waals surface area contributed by atoms with Gasteiger partial charge in [0.15, 0.2) is 11.5 Å². The van der Waals surface area contributed by atoms with E-state index in [1.165, 1.54) is 12.4 Å². The lowest BCUT2D eigenvalue weighted by Gasteiger charge is -2.06. The van der Waals surface area contributed by atoms with E-state index in [-0.39, 0.29) is 6.04 Å². The van der Waals surface area contributed by atoms with E-state index in [0.717, 1.165) is 16.3 Å². The molecule has 4 nitrogen and oxygen atoms in total. The Morgan fingerprint density at radius 1 is 1.28 bits per heavy atom. The lowest BCUT2D eigenvalue weighted by Crippen LogP contribution is -2.09. The SMILES string of the molecule is C[C@@H](N)c1ccc(-n2ccc(C(F)(F)F)n2)nc1. The summed E-state index contributed by atoms with van der Waals surface area (Å²) in [4.78, 5) is 4.02. The molecule has 0 aliphatic carbocycles. The van der Waals surface area contributed by atoms with Gasteiger partial charge in [-0.2, -0.15) is 18.3 Å². The van der Waals surface area contributed by atoms with Crippen LogP contribution < -0.4 is 5.73 Å². The third kappa shape index (κ3) is 2.51. The van der Waals surface area contributed by atoms with Gasteiger partial charge in [0.05, 0.1) is 0 Å². The predicted molar refractivity (Wildman–Crippen MR) is 59.0 cm³/mol. The van der Waals surface area contributed by atoms with Gasteiger partial charge in [-0.05, 0) is 24.6 Å². The summed E-state index contributed by atoms with van der Waals surface area (Å²) in [6.07, 6.45) is -1.71. The summed E-state index contributed by atoms with van der Waals surface area (Å²) >= 11 is 0. The summed E-state index contributed by atoms with van der Waals surface area (Å²) < 4.78 is 38.2. The van der Waals surface area contributed by atoms with Crippen LogP contribution in [-0.4, -0.2) is 14.8 Å². The highest BCUT2D eigenvalue weighted by Gasteiger charge is 2.33. The number of halogens is 3. The predicted octanol–water partition coefficient (Wildman–Crippen LogP) is 2.31. The van der Waals surface area contributed by atoms with Crippen LogP contribution in [0.4, 0.5) is 13.2 Å². The van der Waals surface area contributed by atoms with Gasteiger partial charge >= 0.3 is 6.18 Å². The molecule has 0 radical (unpaired) electrons. The second-order valence-electron chi connectivity index (χ2n) is 3.88. The largest absolute Gasteiger partial charge is 0.435 e. The summed E-state index contributed by atoms with van der Waals surface area (Å²) in [6.45, 7) is 1.80. The number of nitrogens with two attached hydrogens (primary N) is 1. The third-order valence-electron chi connectivity index (χ3n) is 2.41. The van der Waals surface area contributed by atoms with E-state index < -0.39 is 11.9 Å². The highest BCUT2D eigenvalue weighted by Crippen LogP contribution is 2.27. The Bertz CT molecular complexity index is 528. The van der Waals surface area contributed by atoms with Crippen molar-refractivity contribution in [3.05, 3.63) is 41.9 Å². The van der Waals surface area contributed by atoms with E-state index in [1.807, 2.05) is 0 Å². The third-order valence-corrected chi connectivity index (χ3v) is 2.41. The maximum absolute atomic E-state index is 12.4. The highest BCUT2D eigenvalue weighted by molar-refractivity contribution is 5.26. The minimum atomic E-state index is -4.45. The van der Waals surface area contributed by atoms with Crippen LogP contribution >= 0.6 is 0 Å². The van der Waals surface area contributed by atoms with Gasteiger partial charge in [-0.1, -0.05) is 6.07 Å². The van der Waals surface area contributed by atoms with E-state index in [4.69, 9.17) is 5.73 Å². The number of nitrogens with zero attached hydrogens (tertiary/aromatic N) is 3. The van der Waals surface area contributed by atoms with Gasteiger partial charge in [0.25, 0.3) is 0 Å². The quantitative estimate of drug-likeness (QED) is 0.897. The molecule has 2 rings (SSSR count). The normalized spacial score (nSPS) is 13.6. The van der Waals surface area contributed by atoms with E-state index >= 15 is 0 Å². The average molecular weight is 256 g/mol. The number of alkyl halides is 3. The molecule has 0 aromatic carbocycles. The zero-order chi connectivity index (χ0) is 13.3. The zero-order valence-electron chi connectivity index (χ0n) is 9.52. The molecule has 0 fully saturated rings. The minimum absolute atomic E-state index is 0.171. The van der Waals surface area contributed by atoms with Crippen molar-refractivity contribution in [1.29, 1.82) is 0 Å². The van der Waals surface area contributed by atoms with Crippen molar-refractivity contribution >= 4 is 0 Å². The second kappa shape index (κ2) is 4.41. The molecule has 2 aromatic heterocycles. The summed E-state index contributed by atoms with van der Waals surface area (Å²) in [6, 6.07) is 4.02. The second-order valence-corrected chi connectivity index (χ2v) is 3.88. The monoisotopic (exact) mass is 256 g/mol. The molecule has 2 N–H and O–H groups in total. The molecule has 0 aliphatic heterocycles. The number of rotatable bonds is 2. The first-order chi connectivity index (χ1) is 8.38. The standard InChI is InChI=1S/C11H11F3N4/c1-7(15)8-2-3-10(16-6-8)18-5-4-9(17-18)11(12,13)14/h2-7H,15H2,1H3/t7-/m1/s1. The number of hydrogen-bond donors (Lipinski definition) is 1. The first-order valence-corrected chi connectivity index (χ1v) is 5.22. The molecule has 18 heavy (non-hydrogen) atoms. The Morgan fingerprint density at radius 3 is 2.44 bits per heavy atom. The molecule has 0 saturated heterocycles. The van der Waals surface area contributed by atoms with Crippen molar-refractivity contribution in [3.8, 4) is 5.82 Å². The van der Waals surface area contributed by atoms with Crippen molar-refractivity contribution in [2.75, 3.05) is 0 Å². The van der Waals surface area contributed by atoms with Crippen LogP contribution in [0.1, 0.15) is 24.2 Å². The van der Waals surface area contributed by atoms with Crippen LogP contribution in [0.15, 0.2) is 30.6 Å².